The Kier molecular flexibility index (Phi) is 1.27. The molecule has 0 aliphatic carbocycles. The van der Waals surface area contributed by atoms with Crippen molar-refractivity contribution in [2.45, 2.75) is 0 Å². The third-order valence-electron chi connectivity index (χ3n) is 0.276. The molecule has 0 atom stereocenters. The van der Waals surface area contributed by atoms with Crippen LogP contribution >= 0.6 is 0 Å². The Labute approximate surface area is 47.9 Å². The maximum Gasteiger partial charge on any atom is 0.328 e. The molecule has 0 aromatic heterocycles. The molecule has 0 aromatic carbocycles. The molecule has 0 radical (unpaired) electrons. The van der Waals surface area contributed by atoms with Gasteiger partial charge in [0, 0.05) is 12.1 Å². The third-order valence-corrected chi connectivity index (χ3v) is 0.276. The smallest absolute Gasteiger partial charge is 0.328 e. The largest absolute Gasteiger partial charge is 0.478 e. The number of aliphatic carboxylic acids is 2. The van der Waals surface area contributed by atoms with Crippen LogP contribution in [-0.4, -0.2) is 22.2 Å². The van der Waals surface area contributed by atoms with E-state index in [0.29, 0.717) is 0 Å². The molecule has 4 nitrogen and oxygen atoms in total. The molecule has 0 aliphatic rings. The number of rotatable bonds is 2. The van der Waals surface area contributed by atoms with Crippen LogP contribution in [0.25, 0.3) is 0 Å². The van der Waals surface area contributed by atoms with Crippen molar-refractivity contribution >= 4 is 11.9 Å². The molecule has 0 spiro atoms. The average Bonchev–Trinajstić information content (AvgIpc) is 1.84. The van der Waals surface area contributed by atoms with Gasteiger partial charge >= 0.3 is 11.9 Å². The molecule has 0 fully saturated rings. The minimum atomic E-state index is -1.72. The highest BCUT2D eigenvalue weighted by Gasteiger charge is 1.88. The molecule has 0 rings (SSSR count). The number of carboxylic acid groups (broad SMARTS) is 2. The Morgan fingerprint density at radius 1 is 1.25 bits per heavy atom. The molecule has 4 heteroatoms. The van der Waals surface area contributed by atoms with Crippen molar-refractivity contribution in [3.8, 4) is 0 Å². The van der Waals surface area contributed by atoms with Gasteiger partial charge in [-0.1, -0.05) is 0 Å². The SMILES string of the molecule is [2H]/C(C(=O)O)=C(\[2H])C(=O)O. The summed E-state index contributed by atoms with van der Waals surface area (Å²) < 4.78 is 12.9. The van der Waals surface area contributed by atoms with Gasteiger partial charge in [-0.3, -0.25) is 0 Å². The summed E-state index contributed by atoms with van der Waals surface area (Å²) in [5, 5.41) is 15.9. The average molecular weight is 118 g/mol. The van der Waals surface area contributed by atoms with E-state index in [1.165, 1.54) is 0 Å². The molecule has 0 aromatic rings. The Hall–Kier alpha value is -1.32. The second kappa shape index (κ2) is 2.79. The fourth-order valence-corrected chi connectivity index (χ4v) is 0.107. The van der Waals surface area contributed by atoms with Crippen LogP contribution in [0.3, 0.4) is 0 Å². The Morgan fingerprint density at radius 2 is 1.50 bits per heavy atom. The molecule has 8 heavy (non-hydrogen) atoms. The lowest BCUT2D eigenvalue weighted by molar-refractivity contribution is -0.134. The zero-order chi connectivity index (χ0) is 8.31. The molecule has 0 aliphatic heterocycles. The van der Waals surface area contributed by atoms with Crippen molar-refractivity contribution < 1.29 is 22.5 Å². The highest BCUT2D eigenvalue weighted by molar-refractivity contribution is 5.89. The van der Waals surface area contributed by atoms with Gasteiger partial charge in [0.2, 0.25) is 0 Å². The number of hydrogen-bond acceptors (Lipinski definition) is 2. The summed E-state index contributed by atoms with van der Waals surface area (Å²) in [4.78, 5) is 19.6. The lowest BCUT2D eigenvalue weighted by Crippen LogP contribution is -1.91. The lowest BCUT2D eigenvalue weighted by Gasteiger charge is -1.74. The zero-order valence-corrected chi connectivity index (χ0v) is 3.71. The standard InChI is InChI=1S/C4H4O4/c5-3(6)1-2-4(7)8/h1-2H,(H,5,6)(H,7,8)/b2-1-/i1D,2D. The van der Waals surface area contributed by atoms with Gasteiger partial charge in [0.25, 0.3) is 0 Å². The first-order chi connectivity index (χ1) is 4.46. The molecule has 2 N–H and O–H groups in total. The van der Waals surface area contributed by atoms with Crippen LogP contribution in [0.15, 0.2) is 12.1 Å². The summed E-state index contributed by atoms with van der Waals surface area (Å²) in [7, 11) is 0. The highest BCUT2D eigenvalue weighted by Crippen LogP contribution is 1.70. The molecule has 0 heterocycles. The molecule has 0 unspecified atom stereocenters. The van der Waals surface area contributed by atoms with Gasteiger partial charge in [-0.2, -0.15) is 0 Å². The van der Waals surface area contributed by atoms with E-state index in [1.807, 2.05) is 0 Å². The first kappa shape index (κ1) is 3.65. The third kappa shape index (κ3) is 4.68. The molecule has 0 saturated heterocycles. The molecule has 0 saturated carbocycles. The summed E-state index contributed by atoms with van der Waals surface area (Å²) in [6.07, 6.45) is 0. The van der Waals surface area contributed by atoms with Crippen LogP contribution in [0, 0.1) is 0 Å². The maximum atomic E-state index is 9.82. The van der Waals surface area contributed by atoms with Crippen LogP contribution in [0.1, 0.15) is 2.74 Å². The van der Waals surface area contributed by atoms with Crippen molar-refractivity contribution in [2.24, 2.45) is 0 Å². The van der Waals surface area contributed by atoms with Crippen molar-refractivity contribution in [1.29, 1.82) is 0 Å². The first-order valence-electron chi connectivity index (χ1n) is 2.61. The number of carbonyl (C=O) groups is 2. The van der Waals surface area contributed by atoms with Gasteiger partial charge in [0.05, 0.1) is 2.74 Å². The van der Waals surface area contributed by atoms with E-state index in [4.69, 9.17) is 13.0 Å². The van der Waals surface area contributed by atoms with Gasteiger partial charge in [0.15, 0.2) is 0 Å². The Bertz CT molecular complexity index is 185. The predicted octanol–water partition coefficient (Wildman–Crippen LogP) is -0.288. The van der Waals surface area contributed by atoms with E-state index in [1.54, 1.807) is 0 Å². The van der Waals surface area contributed by atoms with Crippen LogP contribution in [0.4, 0.5) is 0 Å². The van der Waals surface area contributed by atoms with E-state index < -0.39 is 24.0 Å². The monoisotopic (exact) mass is 118 g/mol. The Balaban J connectivity index is 4.67. The van der Waals surface area contributed by atoms with Gasteiger partial charge in [-0.25, -0.2) is 9.59 Å². The van der Waals surface area contributed by atoms with E-state index >= 15 is 0 Å². The van der Waals surface area contributed by atoms with E-state index in [-0.39, 0.29) is 0 Å². The summed E-state index contributed by atoms with van der Waals surface area (Å²) in [6.45, 7) is 0. The van der Waals surface area contributed by atoms with Crippen molar-refractivity contribution in [2.75, 3.05) is 0 Å². The fraction of sp³-hybridized carbons (Fsp3) is 0. The highest BCUT2D eigenvalue weighted by atomic mass is 16.4. The first-order valence-corrected chi connectivity index (χ1v) is 1.61. The number of carboxylic acids is 2. The van der Waals surface area contributed by atoms with E-state index in [9.17, 15) is 9.59 Å². The number of hydrogen-bond donors (Lipinski definition) is 2. The summed E-state index contributed by atoms with van der Waals surface area (Å²) >= 11 is 0. The summed E-state index contributed by atoms with van der Waals surface area (Å²) in [6, 6.07) is -2.43. The second-order valence-corrected chi connectivity index (χ2v) is 0.860. The molecule has 44 valence electrons. The fourth-order valence-electron chi connectivity index (χ4n) is 0.107. The van der Waals surface area contributed by atoms with Crippen molar-refractivity contribution in [1.82, 2.24) is 0 Å². The van der Waals surface area contributed by atoms with Crippen LogP contribution < -0.4 is 0 Å². The minimum Gasteiger partial charge on any atom is -0.478 e. The minimum absolute atomic E-state index is 1.22. The predicted molar refractivity (Wildman–Crippen MR) is 24.4 cm³/mol. The van der Waals surface area contributed by atoms with E-state index in [0.717, 1.165) is 0 Å². The zero-order valence-electron chi connectivity index (χ0n) is 5.71. The summed E-state index contributed by atoms with van der Waals surface area (Å²) in [5.41, 5.74) is 0. The van der Waals surface area contributed by atoms with Gasteiger partial charge in [-0.05, 0) is 0 Å². The summed E-state index contributed by atoms with van der Waals surface area (Å²) in [5.74, 6) is -3.43. The van der Waals surface area contributed by atoms with Crippen molar-refractivity contribution in [3.63, 3.8) is 0 Å². The molecular formula is C4H4O4. The van der Waals surface area contributed by atoms with Gasteiger partial charge in [-0.15, -0.1) is 0 Å². The van der Waals surface area contributed by atoms with Gasteiger partial charge in [0.1, 0.15) is 0 Å². The van der Waals surface area contributed by atoms with E-state index in [2.05, 4.69) is 0 Å². The Morgan fingerprint density at radius 3 is 1.62 bits per heavy atom. The quantitative estimate of drug-likeness (QED) is 0.488. The maximum absolute atomic E-state index is 9.82. The molecule has 0 amide bonds. The normalized spacial score (nSPS) is 15.5. The second-order valence-electron chi connectivity index (χ2n) is 0.860. The topological polar surface area (TPSA) is 74.6 Å². The van der Waals surface area contributed by atoms with Crippen LogP contribution in [0.5, 0.6) is 0 Å². The van der Waals surface area contributed by atoms with Crippen LogP contribution in [-0.2, 0) is 9.59 Å². The molecule has 0 bridgehead atoms. The van der Waals surface area contributed by atoms with Crippen molar-refractivity contribution in [3.05, 3.63) is 12.1 Å². The lowest BCUT2D eigenvalue weighted by atomic mass is 10.5. The molecular weight excluding hydrogens is 112 g/mol. The van der Waals surface area contributed by atoms with Gasteiger partial charge < -0.3 is 10.2 Å². The van der Waals surface area contributed by atoms with Crippen LogP contribution in [0.2, 0.25) is 0 Å².